The number of hydrogen-bond donors (Lipinski definition) is 1. The lowest BCUT2D eigenvalue weighted by Crippen LogP contribution is -2.30. The summed E-state index contributed by atoms with van der Waals surface area (Å²) in [7, 11) is -3.69. The minimum atomic E-state index is -3.69. The minimum Gasteiger partial charge on any atom is -0.360 e. The summed E-state index contributed by atoms with van der Waals surface area (Å²) in [6, 6.07) is 6.44. The fraction of sp³-hybridized carbons (Fsp3) is 0.450. The molecule has 1 N–H and O–H groups in total. The molecule has 0 spiro atoms. The number of aryl methyl sites for hydroxylation is 1. The van der Waals surface area contributed by atoms with Gasteiger partial charge >= 0.3 is 0 Å². The Morgan fingerprint density at radius 3 is 2.72 bits per heavy atom. The highest BCUT2D eigenvalue weighted by atomic mass is 32.2. The molecule has 2 aromatic rings. The maximum Gasteiger partial charge on any atom is 0.230 e. The van der Waals surface area contributed by atoms with E-state index in [4.69, 9.17) is 4.52 Å². The quantitative estimate of drug-likeness (QED) is 0.773. The highest BCUT2D eigenvalue weighted by Crippen LogP contribution is 2.37. The van der Waals surface area contributed by atoms with Gasteiger partial charge in [-0.05, 0) is 56.9 Å². The number of sulfone groups is 1. The number of fused-ring (bicyclic) bond motifs is 1. The van der Waals surface area contributed by atoms with Crippen molar-refractivity contribution in [2.45, 2.75) is 49.7 Å². The lowest BCUT2D eigenvalue weighted by Gasteiger charge is -2.18. The van der Waals surface area contributed by atoms with Crippen molar-refractivity contribution >= 4 is 33.2 Å². The highest BCUT2D eigenvalue weighted by Gasteiger charge is 2.37. The molecule has 1 aromatic carbocycles. The third-order valence-corrected chi connectivity index (χ3v) is 7.50. The standard InChI is InChI=1S/C20H23N3O5S/c1-12-9-18(22-28-12)21-19(24)10-13(2)29(26,27)16-5-6-17-15(11-16)7-8-23(17)20(25)14-3-4-14/h5-6,9,11,13-14H,3-4,7-8,10H2,1-2H3,(H,21,22,24)/t13-/m0/s1. The zero-order valence-electron chi connectivity index (χ0n) is 16.3. The predicted molar refractivity (Wildman–Crippen MR) is 106 cm³/mol. The van der Waals surface area contributed by atoms with Gasteiger partial charge in [-0.2, -0.15) is 0 Å². The first-order valence-corrected chi connectivity index (χ1v) is 11.2. The smallest absolute Gasteiger partial charge is 0.230 e. The lowest BCUT2D eigenvalue weighted by molar-refractivity contribution is -0.119. The molecular weight excluding hydrogens is 394 g/mol. The SMILES string of the molecule is Cc1cc(NC(=O)C[C@H](C)S(=O)(=O)c2ccc3c(c2)CCN3C(=O)C2CC2)no1. The van der Waals surface area contributed by atoms with Crippen LogP contribution in [0.4, 0.5) is 11.5 Å². The van der Waals surface area contributed by atoms with E-state index in [1.54, 1.807) is 30.0 Å². The van der Waals surface area contributed by atoms with Crippen LogP contribution in [0.25, 0.3) is 0 Å². The fourth-order valence-electron chi connectivity index (χ4n) is 3.56. The summed E-state index contributed by atoms with van der Waals surface area (Å²) >= 11 is 0. The number of carbonyl (C=O) groups excluding carboxylic acids is 2. The maximum absolute atomic E-state index is 13.0. The number of carbonyl (C=O) groups is 2. The number of nitrogens with one attached hydrogen (secondary N) is 1. The molecule has 1 aromatic heterocycles. The second kappa shape index (κ2) is 7.29. The van der Waals surface area contributed by atoms with Gasteiger partial charge in [0.1, 0.15) is 5.76 Å². The van der Waals surface area contributed by atoms with Gasteiger partial charge in [0.2, 0.25) is 11.8 Å². The van der Waals surface area contributed by atoms with Crippen LogP contribution < -0.4 is 10.2 Å². The molecule has 4 rings (SSSR count). The monoisotopic (exact) mass is 417 g/mol. The Kier molecular flexibility index (Phi) is 4.94. The molecule has 0 radical (unpaired) electrons. The molecular formula is C20H23N3O5S. The molecule has 1 aliphatic heterocycles. The first-order valence-electron chi connectivity index (χ1n) is 9.67. The lowest BCUT2D eigenvalue weighted by atomic mass is 10.2. The Morgan fingerprint density at radius 2 is 2.07 bits per heavy atom. The van der Waals surface area contributed by atoms with Gasteiger partial charge in [0.05, 0.1) is 10.1 Å². The summed E-state index contributed by atoms with van der Waals surface area (Å²) in [5, 5.41) is 5.31. The van der Waals surface area contributed by atoms with Crippen molar-refractivity contribution in [2.75, 3.05) is 16.8 Å². The van der Waals surface area contributed by atoms with Crippen LogP contribution in [-0.2, 0) is 25.8 Å². The van der Waals surface area contributed by atoms with Gasteiger partial charge < -0.3 is 14.7 Å². The van der Waals surface area contributed by atoms with Crippen molar-refractivity contribution in [3.05, 3.63) is 35.6 Å². The summed E-state index contributed by atoms with van der Waals surface area (Å²) < 4.78 is 30.8. The molecule has 1 atom stereocenters. The molecule has 9 heteroatoms. The maximum atomic E-state index is 13.0. The summed E-state index contributed by atoms with van der Waals surface area (Å²) in [5.41, 5.74) is 1.66. The van der Waals surface area contributed by atoms with Gasteiger partial charge in [-0.25, -0.2) is 8.42 Å². The van der Waals surface area contributed by atoms with Crippen molar-refractivity contribution in [3.8, 4) is 0 Å². The van der Waals surface area contributed by atoms with E-state index in [1.807, 2.05) is 0 Å². The van der Waals surface area contributed by atoms with Gasteiger partial charge in [-0.3, -0.25) is 9.59 Å². The molecule has 0 bridgehead atoms. The molecule has 0 saturated heterocycles. The average Bonchev–Trinajstić information content (AvgIpc) is 3.32. The Morgan fingerprint density at radius 1 is 1.31 bits per heavy atom. The molecule has 29 heavy (non-hydrogen) atoms. The van der Waals surface area contributed by atoms with Crippen LogP contribution in [0, 0.1) is 12.8 Å². The number of rotatable bonds is 6. The summed E-state index contributed by atoms with van der Waals surface area (Å²) in [6.45, 7) is 3.80. The van der Waals surface area contributed by atoms with E-state index in [-0.39, 0.29) is 29.0 Å². The van der Waals surface area contributed by atoms with Crippen LogP contribution in [-0.4, -0.2) is 37.2 Å². The Balaban J connectivity index is 1.47. The third kappa shape index (κ3) is 3.91. The molecule has 154 valence electrons. The van der Waals surface area contributed by atoms with E-state index in [2.05, 4.69) is 10.5 Å². The minimum absolute atomic E-state index is 0.122. The first-order chi connectivity index (χ1) is 13.8. The van der Waals surface area contributed by atoms with Gasteiger partial charge in [-0.1, -0.05) is 5.16 Å². The van der Waals surface area contributed by atoms with Crippen LogP contribution in [0.5, 0.6) is 0 Å². The largest absolute Gasteiger partial charge is 0.360 e. The molecule has 1 fully saturated rings. The van der Waals surface area contributed by atoms with Crippen LogP contribution in [0.2, 0.25) is 0 Å². The van der Waals surface area contributed by atoms with Crippen LogP contribution in [0.1, 0.15) is 37.5 Å². The van der Waals surface area contributed by atoms with Crippen molar-refractivity contribution in [1.29, 1.82) is 0 Å². The Bertz CT molecular complexity index is 1070. The molecule has 1 saturated carbocycles. The van der Waals surface area contributed by atoms with E-state index in [1.165, 1.54) is 13.0 Å². The number of benzene rings is 1. The third-order valence-electron chi connectivity index (χ3n) is 5.37. The average molecular weight is 417 g/mol. The van der Waals surface area contributed by atoms with Gasteiger partial charge in [0.25, 0.3) is 0 Å². The first kappa shape index (κ1) is 19.6. The topological polar surface area (TPSA) is 110 Å². The molecule has 0 unspecified atom stereocenters. The summed E-state index contributed by atoms with van der Waals surface area (Å²) in [5.74, 6) is 0.615. The summed E-state index contributed by atoms with van der Waals surface area (Å²) in [4.78, 5) is 26.5. The number of nitrogens with zero attached hydrogens (tertiary/aromatic N) is 2. The Labute approximate surface area is 169 Å². The van der Waals surface area contributed by atoms with E-state index in [9.17, 15) is 18.0 Å². The van der Waals surface area contributed by atoms with Gasteiger partial charge in [0, 0.05) is 30.6 Å². The second-order valence-electron chi connectivity index (χ2n) is 7.74. The number of hydrogen-bond acceptors (Lipinski definition) is 6. The molecule has 2 amide bonds. The fourth-order valence-corrected chi connectivity index (χ4v) is 4.96. The van der Waals surface area contributed by atoms with Crippen molar-refractivity contribution in [1.82, 2.24) is 5.16 Å². The molecule has 2 aliphatic rings. The summed E-state index contributed by atoms with van der Waals surface area (Å²) in [6.07, 6.45) is 2.31. The Hall–Kier alpha value is -2.68. The van der Waals surface area contributed by atoms with Crippen LogP contribution in [0.3, 0.4) is 0 Å². The van der Waals surface area contributed by atoms with Crippen LogP contribution in [0.15, 0.2) is 33.7 Å². The van der Waals surface area contributed by atoms with Gasteiger partial charge in [0.15, 0.2) is 15.7 Å². The van der Waals surface area contributed by atoms with E-state index < -0.39 is 21.0 Å². The molecule has 1 aliphatic carbocycles. The van der Waals surface area contributed by atoms with Crippen molar-refractivity contribution in [3.63, 3.8) is 0 Å². The van der Waals surface area contributed by atoms with E-state index >= 15 is 0 Å². The predicted octanol–water partition coefficient (Wildman–Crippen LogP) is 2.47. The second-order valence-corrected chi connectivity index (χ2v) is 10.1. The van der Waals surface area contributed by atoms with Crippen molar-refractivity contribution in [2.24, 2.45) is 5.92 Å². The zero-order chi connectivity index (χ0) is 20.8. The van der Waals surface area contributed by atoms with Crippen molar-refractivity contribution < 1.29 is 22.5 Å². The van der Waals surface area contributed by atoms with E-state index in [0.717, 1.165) is 24.1 Å². The zero-order valence-corrected chi connectivity index (χ0v) is 17.2. The normalized spacial score (nSPS) is 17.1. The van der Waals surface area contributed by atoms with Gasteiger partial charge in [-0.15, -0.1) is 0 Å². The number of aromatic nitrogens is 1. The molecule has 8 nitrogen and oxygen atoms in total. The van der Waals surface area contributed by atoms with E-state index in [0.29, 0.717) is 18.7 Å². The number of amides is 2. The molecule has 2 heterocycles. The number of anilines is 2. The highest BCUT2D eigenvalue weighted by molar-refractivity contribution is 7.92. The van der Waals surface area contributed by atoms with Crippen LogP contribution >= 0.6 is 0 Å².